The van der Waals surface area contributed by atoms with Gasteiger partial charge in [0.15, 0.2) is 5.78 Å². The third-order valence-corrected chi connectivity index (χ3v) is 2.84. The Kier molecular flexibility index (Phi) is 10.0. The Balaban J connectivity index is 3.66. The number of carbonyl (C=O) groups is 2. The first-order valence-corrected chi connectivity index (χ1v) is 6.81. The summed E-state index contributed by atoms with van der Waals surface area (Å²) in [5.41, 5.74) is 0.188. The van der Waals surface area contributed by atoms with Crippen LogP contribution in [-0.2, 0) is 4.79 Å². The van der Waals surface area contributed by atoms with E-state index in [1.165, 1.54) is 31.8 Å². The molecule has 0 unspecified atom stereocenters. The Morgan fingerprint density at radius 2 is 1.61 bits per heavy atom. The monoisotopic (exact) mass is 255 g/mol. The van der Waals surface area contributed by atoms with Crippen LogP contribution >= 0.6 is 0 Å². The van der Waals surface area contributed by atoms with E-state index in [0.29, 0.717) is 6.42 Å². The molecule has 4 heteroatoms. The third kappa shape index (κ3) is 8.79. The number of ketones is 1. The van der Waals surface area contributed by atoms with Crippen LogP contribution in [0.5, 0.6) is 0 Å². The summed E-state index contributed by atoms with van der Waals surface area (Å²) in [5, 5.41) is 10.7. The van der Waals surface area contributed by atoms with Crippen LogP contribution in [0.4, 0.5) is 4.79 Å². The molecule has 4 nitrogen and oxygen atoms in total. The van der Waals surface area contributed by atoms with Crippen molar-refractivity contribution >= 4 is 11.9 Å². The topological polar surface area (TPSA) is 66.4 Å². The molecule has 0 saturated heterocycles. The predicted molar refractivity (Wildman–Crippen MR) is 72.5 cm³/mol. The smallest absolute Gasteiger partial charge is 0.409 e. The molecule has 0 aromatic heterocycles. The van der Waals surface area contributed by atoms with Crippen LogP contribution in [0.15, 0.2) is 11.8 Å². The lowest BCUT2D eigenvalue weighted by molar-refractivity contribution is -0.116. The van der Waals surface area contributed by atoms with Gasteiger partial charge in [-0.1, -0.05) is 51.5 Å². The Morgan fingerprint density at radius 3 is 2.11 bits per heavy atom. The van der Waals surface area contributed by atoms with Crippen molar-refractivity contribution in [2.45, 2.75) is 65.2 Å². The van der Waals surface area contributed by atoms with Gasteiger partial charge in [-0.05, 0) is 13.3 Å². The van der Waals surface area contributed by atoms with Crippen molar-refractivity contribution in [3.05, 3.63) is 11.8 Å². The molecule has 2 N–H and O–H groups in total. The lowest BCUT2D eigenvalue weighted by Gasteiger charge is -2.05. The first-order chi connectivity index (χ1) is 8.61. The number of carbonyl (C=O) groups excluding carboxylic acids is 1. The fraction of sp³-hybridized carbons (Fsp3) is 0.714. The van der Waals surface area contributed by atoms with Crippen molar-refractivity contribution in [2.24, 2.45) is 0 Å². The van der Waals surface area contributed by atoms with Crippen molar-refractivity contribution in [3.8, 4) is 0 Å². The number of Topliss-reactive ketones (excluding diaryl/α,β-unsaturated/α-hetero) is 1. The Bertz CT molecular complexity index is 285. The van der Waals surface area contributed by atoms with Crippen LogP contribution in [0.1, 0.15) is 65.2 Å². The zero-order valence-electron chi connectivity index (χ0n) is 11.5. The number of nitrogens with one attached hydrogen (secondary N) is 1. The molecule has 0 aromatic carbocycles. The fourth-order valence-electron chi connectivity index (χ4n) is 1.80. The largest absolute Gasteiger partial charge is 0.465 e. The summed E-state index contributed by atoms with van der Waals surface area (Å²) in [5.74, 6) is -0.117. The third-order valence-electron chi connectivity index (χ3n) is 2.84. The molecule has 0 atom stereocenters. The van der Waals surface area contributed by atoms with E-state index >= 15 is 0 Å². The van der Waals surface area contributed by atoms with Crippen LogP contribution < -0.4 is 5.32 Å². The van der Waals surface area contributed by atoms with E-state index in [1.54, 1.807) is 6.92 Å². The molecule has 18 heavy (non-hydrogen) atoms. The summed E-state index contributed by atoms with van der Waals surface area (Å²) in [6.07, 6.45) is 8.81. The molecule has 0 aliphatic rings. The quantitative estimate of drug-likeness (QED) is 0.460. The van der Waals surface area contributed by atoms with Gasteiger partial charge in [0.25, 0.3) is 0 Å². The highest BCUT2D eigenvalue weighted by Gasteiger charge is 2.10. The van der Waals surface area contributed by atoms with Crippen LogP contribution in [0, 0.1) is 0 Å². The minimum Gasteiger partial charge on any atom is -0.465 e. The second-order valence-electron chi connectivity index (χ2n) is 4.43. The number of unbranched alkanes of at least 4 members (excludes halogenated alkanes) is 6. The molecular formula is C14H25NO3. The number of hydrogen-bond acceptors (Lipinski definition) is 2. The number of amides is 1. The van der Waals surface area contributed by atoms with Crippen LogP contribution in [0.3, 0.4) is 0 Å². The van der Waals surface area contributed by atoms with E-state index < -0.39 is 6.09 Å². The second-order valence-corrected chi connectivity index (χ2v) is 4.43. The zero-order valence-corrected chi connectivity index (χ0v) is 11.5. The van der Waals surface area contributed by atoms with Gasteiger partial charge in [-0.25, -0.2) is 4.79 Å². The normalized spacial score (nSPS) is 11.3. The van der Waals surface area contributed by atoms with Gasteiger partial charge in [0.1, 0.15) is 0 Å². The number of hydrogen-bond donors (Lipinski definition) is 2. The minimum absolute atomic E-state index is 0.117. The number of carboxylic acid groups (broad SMARTS) is 1. The summed E-state index contributed by atoms with van der Waals surface area (Å²) >= 11 is 0. The highest BCUT2D eigenvalue weighted by atomic mass is 16.4. The van der Waals surface area contributed by atoms with Crippen molar-refractivity contribution < 1.29 is 14.7 Å². The van der Waals surface area contributed by atoms with E-state index in [0.717, 1.165) is 19.3 Å². The lowest BCUT2D eigenvalue weighted by Crippen LogP contribution is -2.25. The van der Waals surface area contributed by atoms with E-state index in [-0.39, 0.29) is 11.5 Å². The van der Waals surface area contributed by atoms with E-state index in [4.69, 9.17) is 5.11 Å². The molecule has 0 spiro atoms. The summed E-state index contributed by atoms with van der Waals surface area (Å²) in [6.45, 7) is 3.85. The maximum atomic E-state index is 11.7. The van der Waals surface area contributed by atoms with Crippen molar-refractivity contribution in [3.63, 3.8) is 0 Å². The average molecular weight is 255 g/mol. The molecule has 104 valence electrons. The van der Waals surface area contributed by atoms with Crippen LogP contribution in [0.2, 0.25) is 0 Å². The number of allylic oxidation sites excluding steroid dienone is 2. The standard InChI is InChI=1S/C14H25NO3/c1-3-5-6-7-8-9-10-11-13(16)12(4-2)15-14(17)18/h4,15H,3,5-11H2,1-2H3,(H,17,18). The van der Waals surface area contributed by atoms with Crippen molar-refractivity contribution in [2.75, 3.05) is 0 Å². The summed E-state index contributed by atoms with van der Waals surface area (Å²) < 4.78 is 0. The molecular weight excluding hydrogens is 230 g/mol. The van der Waals surface area contributed by atoms with Gasteiger partial charge in [0.05, 0.1) is 5.70 Å². The maximum absolute atomic E-state index is 11.7. The maximum Gasteiger partial charge on any atom is 0.409 e. The molecule has 0 aliphatic heterocycles. The molecule has 0 saturated carbocycles. The highest BCUT2D eigenvalue weighted by Crippen LogP contribution is 2.10. The van der Waals surface area contributed by atoms with Gasteiger partial charge >= 0.3 is 6.09 Å². The number of rotatable bonds is 10. The van der Waals surface area contributed by atoms with Gasteiger partial charge in [-0.3, -0.25) is 10.1 Å². The Labute approximate surface area is 109 Å². The Hall–Kier alpha value is -1.32. The van der Waals surface area contributed by atoms with Gasteiger partial charge in [0.2, 0.25) is 0 Å². The molecule has 0 heterocycles. The lowest BCUT2D eigenvalue weighted by atomic mass is 10.1. The predicted octanol–water partition coefficient (Wildman–Crippen LogP) is 3.87. The summed E-state index contributed by atoms with van der Waals surface area (Å²) in [6, 6.07) is 0. The van der Waals surface area contributed by atoms with Gasteiger partial charge < -0.3 is 5.11 Å². The Morgan fingerprint density at radius 1 is 1.06 bits per heavy atom. The van der Waals surface area contributed by atoms with Gasteiger partial charge in [0, 0.05) is 6.42 Å². The van der Waals surface area contributed by atoms with E-state index in [1.807, 2.05) is 0 Å². The molecule has 0 rings (SSSR count). The van der Waals surface area contributed by atoms with Gasteiger partial charge in [-0.2, -0.15) is 0 Å². The first-order valence-electron chi connectivity index (χ1n) is 6.81. The highest BCUT2D eigenvalue weighted by molar-refractivity contribution is 5.97. The molecule has 0 bridgehead atoms. The minimum atomic E-state index is -1.18. The van der Waals surface area contributed by atoms with Crippen molar-refractivity contribution in [1.29, 1.82) is 0 Å². The van der Waals surface area contributed by atoms with Crippen LogP contribution in [-0.4, -0.2) is 17.0 Å². The average Bonchev–Trinajstić information content (AvgIpc) is 2.34. The summed E-state index contributed by atoms with van der Waals surface area (Å²) in [4.78, 5) is 22.1. The van der Waals surface area contributed by atoms with Crippen LogP contribution in [0.25, 0.3) is 0 Å². The molecule has 1 amide bonds. The molecule has 0 aromatic rings. The second kappa shape index (κ2) is 10.8. The summed E-state index contributed by atoms with van der Waals surface area (Å²) in [7, 11) is 0. The van der Waals surface area contributed by atoms with E-state index in [2.05, 4.69) is 12.2 Å². The molecule has 0 radical (unpaired) electrons. The molecule has 0 fully saturated rings. The first kappa shape index (κ1) is 16.7. The van der Waals surface area contributed by atoms with Gasteiger partial charge in [-0.15, -0.1) is 0 Å². The van der Waals surface area contributed by atoms with Crippen molar-refractivity contribution in [1.82, 2.24) is 5.32 Å². The van der Waals surface area contributed by atoms with E-state index in [9.17, 15) is 9.59 Å². The zero-order chi connectivity index (χ0) is 13.8. The SMILES string of the molecule is CC=C(NC(=O)O)C(=O)CCCCCCCCC. The molecule has 0 aliphatic carbocycles. The fourth-order valence-corrected chi connectivity index (χ4v) is 1.80.